The highest BCUT2D eigenvalue weighted by atomic mass is 16.5. The van der Waals surface area contributed by atoms with Gasteiger partial charge >= 0.3 is 5.97 Å². The van der Waals surface area contributed by atoms with Crippen LogP contribution in [0.15, 0.2) is 24.3 Å². The molecule has 1 heterocycles. The van der Waals surface area contributed by atoms with Crippen LogP contribution in [0.4, 0.5) is 0 Å². The first kappa shape index (κ1) is 19.2. The maximum absolute atomic E-state index is 12.3. The zero-order valence-electron chi connectivity index (χ0n) is 15.2. The highest BCUT2D eigenvalue weighted by Gasteiger charge is 2.19. The van der Waals surface area contributed by atoms with Crippen LogP contribution in [0.1, 0.15) is 16.9 Å². The summed E-state index contributed by atoms with van der Waals surface area (Å²) in [6.45, 7) is 0.380. The summed E-state index contributed by atoms with van der Waals surface area (Å²) < 4.78 is 20.6. The second-order valence-electron chi connectivity index (χ2n) is 5.26. The quantitative estimate of drug-likeness (QED) is 0.424. The third-order valence-corrected chi connectivity index (χ3v) is 3.72. The predicted octanol–water partition coefficient (Wildman–Crippen LogP) is 2.04. The average molecular weight is 362 g/mol. The second-order valence-corrected chi connectivity index (χ2v) is 5.26. The molecule has 0 aliphatic rings. The van der Waals surface area contributed by atoms with Crippen LogP contribution < -0.4 is 19.5 Å². The monoisotopic (exact) mass is 362 g/mol. The van der Waals surface area contributed by atoms with Crippen molar-refractivity contribution in [3.05, 3.63) is 30.0 Å². The lowest BCUT2D eigenvalue weighted by Crippen LogP contribution is -2.24. The van der Waals surface area contributed by atoms with Gasteiger partial charge in [0.1, 0.15) is 5.69 Å². The molecule has 2 rings (SSSR count). The molecule has 0 radical (unpaired) electrons. The maximum atomic E-state index is 12.3. The topological polar surface area (TPSA) is 98.9 Å². The number of methoxy groups -OCH3 is 4. The Labute approximate surface area is 151 Å². The third-order valence-electron chi connectivity index (χ3n) is 3.72. The molecule has 1 aromatic carbocycles. The smallest absolute Gasteiger partial charge is 0.330 e. The van der Waals surface area contributed by atoms with Crippen molar-refractivity contribution < 1.29 is 28.5 Å². The molecule has 26 heavy (non-hydrogen) atoms. The highest BCUT2D eigenvalue weighted by Crippen LogP contribution is 2.43. The third kappa shape index (κ3) is 4.08. The molecule has 2 N–H and O–H groups in total. The fourth-order valence-corrected chi connectivity index (χ4v) is 2.48. The van der Waals surface area contributed by atoms with Gasteiger partial charge in [-0.1, -0.05) is 6.08 Å². The number of amides is 1. The zero-order chi connectivity index (χ0) is 19.1. The number of rotatable bonds is 8. The van der Waals surface area contributed by atoms with E-state index < -0.39 is 5.97 Å². The molecule has 0 saturated heterocycles. The Morgan fingerprint density at radius 1 is 1.08 bits per heavy atom. The number of carbonyl (C=O) groups is 2. The molecule has 0 aliphatic heterocycles. The normalized spacial score (nSPS) is 10.8. The van der Waals surface area contributed by atoms with E-state index in [2.05, 4.69) is 15.0 Å². The van der Waals surface area contributed by atoms with Crippen molar-refractivity contribution in [2.75, 3.05) is 35.0 Å². The summed E-state index contributed by atoms with van der Waals surface area (Å²) in [5, 5.41) is 3.48. The van der Waals surface area contributed by atoms with E-state index in [4.69, 9.17) is 14.2 Å². The van der Waals surface area contributed by atoms with E-state index in [1.807, 2.05) is 0 Å². The molecule has 0 spiro atoms. The molecule has 0 saturated carbocycles. The molecule has 0 bridgehead atoms. The number of ether oxygens (including phenoxy) is 4. The van der Waals surface area contributed by atoms with Gasteiger partial charge in [0.2, 0.25) is 5.75 Å². The number of aromatic amines is 1. The summed E-state index contributed by atoms with van der Waals surface area (Å²) in [5.74, 6) is 0.743. The minimum Gasteiger partial charge on any atom is -0.493 e. The maximum Gasteiger partial charge on any atom is 0.330 e. The van der Waals surface area contributed by atoms with Crippen LogP contribution in [0.3, 0.4) is 0 Å². The molecule has 8 nitrogen and oxygen atoms in total. The number of aromatic nitrogens is 1. The summed E-state index contributed by atoms with van der Waals surface area (Å²) in [5.41, 5.74) is 1.07. The number of benzene rings is 1. The summed E-state index contributed by atoms with van der Waals surface area (Å²) in [7, 11) is 5.88. The van der Waals surface area contributed by atoms with Crippen molar-refractivity contribution in [2.45, 2.75) is 6.42 Å². The fraction of sp³-hybridized carbons (Fsp3) is 0.333. The van der Waals surface area contributed by atoms with Crippen molar-refractivity contribution in [1.29, 1.82) is 0 Å². The van der Waals surface area contributed by atoms with Crippen molar-refractivity contribution >= 4 is 22.8 Å². The largest absolute Gasteiger partial charge is 0.493 e. The van der Waals surface area contributed by atoms with Crippen molar-refractivity contribution in [2.24, 2.45) is 0 Å². The van der Waals surface area contributed by atoms with E-state index in [9.17, 15) is 9.59 Å². The van der Waals surface area contributed by atoms with E-state index >= 15 is 0 Å². The van der Waals surface area contributed by atoms with Gasteiger partial charge < -0.3 is 29.2 Å². The molecule has 1 aromatic heterocycles. The molecular formula is C18H22N2O6. The molecule has 0 aliphatic carbocycles. The lowest BCUT2D eigenvalue weighted by molar-refractivity contribution is -0.134. The predicted molar refractivity (Wildman–Crippen MR) is 96.1 cm³/mol. The Morgan fingerprint density at radius 3 is 2.42 bits per heavy atom. The lowest BCUT2D eigenvalue weighted by atomic mass is 10.2. The molecule has 1 amide bonds. The molecular weight excluding hydrogens is 340 g/mol. The minimum atomic E-state index is -0.429. The van der Waals surface area contributed by atoms with E-state index in [1.165, 1.54) is 34.5 Å². The number of esters is 1. The van der Waals surface area contributed by atoms with Crippen LogP contribution in [-0.4, -0.2) is 51.8 Å². The Bertz CT molecular complexity index is 825. The Balaban J connectivity index is 2.16. The summed E-state index contributed by atoms with van der Waals surface area (Å²) in [6.07, 6.45) is 3.46. The van der Waals surface area contributed by atoms with Gasteiger partial charge in [-0.3, -0.25) is 4.79 Å². The Kier molecular flexibility index (Phi) is 6.48. The Morgan fingerprint density at radius 2 is 1.81 bits per heavy atom. The van der Waals surface area contributed by atoms with Crippen LogP contribution in [0.2, 0.25) is 0 Å². The van der Waals surface area contributed by atoms with Gasteiger partial charge in [0, 0.05) is 24.1 Å². The van der Waals surface area contributed by atoms with Gasteiger partial charge in [0.25, 0.3) is 5.91 Å². The molecule has 0 fully saturated rings. The molecule has 0 atom stereocenters. The van der Waals surface area contributed by atoms with Crippen LogP contribution in [0.5, 0.6) is 17.2 Å². The summed E-state index contributed by atoms with van der Waals surface area (Å²) in [4.78, 5) is 26.3. The SMILES string of the molecule is COC(=O)/C=C/CCNC(=O)c1cc2c(OC)c(OC)c(OC)cc2[nH]1. The van der Waals surface area contributed by atoms with Gasteiger partial charge in [-0.15, -0.1) is 0 Å². The number of hydrogen-bond donors (Lipinski definition) is 2. The van der Waals surface area contributed by atoms with Gasteiger partial charge in [-0.25, -0.2) is 4.79 Å². The number of H-pyrrole nitrogens is 1. The van der Waals surface area contributed by atoms with Gasteiger partial charge in [-0.05, 0) is 12.5 Å². The first-order valence-corrected chi connectivity index (χ1v) is 7.90. The van der Waals surface area contributed by atoms with Gasteiger partial charge in [0.15, 0.2) is 11.5 Å². The second kappa shape index (κ2) is 8.80. The highest BCUT2D eigenvalue weighted by molar-refractivity contribution is 6.01. The van der Waals surface area contributed by atoms with Gasteiger partial charge in [-0.2, -0.15) is 0 Å². The van der Waals surface area contributed by atoms with Gasteiger partial charge in [0.05, 0.1) is 34.0 Å². The summed E-state index contributed by atoms with van der Waals surface area (Å²) >= 11 is 0. The molecule has 0 unspecified atom stereocenters. The van der Waals surface area contributed by atoms with Crippen LogP contribution in [0.25, 0.3) is 10.9 Å². The fourth-order valence-electron chi connectivity index (χ4n) is 2.48. The number of fused-ring (bicyclic) bond motifs is 1. The number of carbonyl (C=O) groups excluding carboxylic acids is 2. The minimum absolute atomic E-state index is 0.271. The molecule has 2 aromatic rings. The molecule has 8 heteroatoms. The van der Waals surface area contributed by atoms with Crippen molar-refractivity contribution in [3.63, 3.8) is 0 Å². The van der Waals surface area contributed by atoms with Crippen LogP contribution >= 0.6 is 0 Å². The van der Waals surface area contributed by atoms with E-state index in [0.717, 1.165) is 0 Å². The summed E-state index contributed by atoms with van der Waals surface area (Å²) in [6, 6.07) is 3.43. The van der Waals surface area contributed by atoms with E-state index in [-0.39, 0.29) is 5.91 Å². The van der Waals surface area contributed by atoms with E-state index in [1.54, 1.807) is 18.2 Å². The average Bonchev–Trinajstić information content (AvgIpc) is 3.09. The first-order valence-electron chi connectivity index (χ1n) is 7.90. The standard InChI is InChI=1S/C18H22N2O6/c1-23-14-10-12-11(16(25-3)17(14)26-4)9-13(20-12)18(22)19-8-6-5-7-15(21)24-2/h5,7,9-10,20H,6,8H2,1-4H3,(H,19,22)/b7-5+. The van der Waals surface area contributed by atoms with Crippen LogP contribution in [-0.2, 0) is 9.53 Å². The lowest BCUT2D eigenvalue weighted by Gasteiger charge is -2.12. The molecule has 140 valence electrons. The van der Waals surface area contributed by atoms with Crippen molar-refractivity contribution in [1.82, 2.24) is 10.3 Å². The number of hydrogen-bond acceptors (Lipinski definition) is 6. The van der Waals surface area contributed by atoms with E-state index in [0.29, 0.717) is 46.8 Å². The number of nitrogens with one attached hydrogen (secondary N) is 2. The zero-order valence-corrected chi connectivity index (χ0v) is 15.2. The first-order chi connectivity index (χ1) is 12.5. The Hall–Kier alpha value is -3.16. The van der Waals surface area contributed by atoms with Crippen LogP contribution in [0, 0.1) is 0 Å². The van der Waals surface area contributed by atoms with Crippen molar-refractivity contribution in [3.8, 4) is 17.2 Å².